The van der Waals surface area contributed by atoms with Crippen LogP contribution in [0, 0.1) is 5.82 Å². The number of carbonyl (C=O) groups is 1. The number of rotatable bonds is 8. The molecule has 1 atom stereocenters. The predicted molar refractivity (Wildman–Crippen MR) is 79.0 cm³/mol. The third-order valence-electron chi connectivity index (χ3n) is 2.93. The van der Waals surface area contributed by atoms with Crippen molar-refractivity contribution < 1.29 is 13.9 Å². The van der Waals surface area contributed by atoms with Gasteiger partial charge in [-0.1, -0.05) is 13.3 Å². The standard InChI is InChI=1S/C15H23FN2O2/c1-3-5-11(2)20-9-4-6-15(19)18-12-7-8-13(16)14(17)10-12/h7-8,10-11H,3-6,9,17H2,1-2H3,(H,18,19). The molecule has 0 fully saturated rings. The van der Waals surface area contributed by atoms with Gasteiger partial charge in [0.2, 0.25) is 5.91 Å². The molecule has 3 N–H and O–H groups in total. The second kappa shape index (κ2) is 8.53. The minimum absolute atomic E-state index is 0.0273. The van der Waals surface area contributed by atoms with Gasteiger partial charge in [-0.05, 0) is 38.0 Å². The van der Waals surface area contributed by atoms with Crippen LogP contribution in [-0.2, 0) is 9.53 Å². The molecule has 0 saturated heterocycles. The van der Waals surface area contributed by atoms with E-state index in [4.69, 9.17) is 10.5 Å². The number of nitrogens with two attached hydrogens (primary N) is 1. The smallest absolute Gasteiger partial charge is 0.224 e. The maximum atomic E-state index is 13.0. The Labute approximate surface area is 119 Å². The molecule has 4 nitrogen and oxygen atoms in total. The molecule has 0 aromatic heterocycles. The summed E-state index contributed by atoms with van der Waals surface area (Å²) >= 11 is 0. The second-order valence-electron chi connectivity index (χ2n) is 4.86. The third kappa shape index (κ3) is 6.02. The summed E-state index contributed by atoms with van der Waals surface area (Å²) in [6.45, 7) is 4.71. The quantitative estimate of drug-likeness (QED) is 0.568. The lowest BCUT2D eigenvalue weighted by molar-refractivity contribution is -0.116. The lowest BCUT2D eigenvalue weighted by atomic mass is 10.2. The van der Waals surface area contributed by atoms with E-state index < -0.39 is 5.82 Å². The van der Waals surface area contributed by atoms with Crippen LogP contribution >= 0.6 is 0 Å². The van der Waals surface area contributed by atoms with Gasteiger partial charge in [0.1, 0.15) is 5.82 Å². The van der Waals surface area contributed by atoms with Crippen molar-refractivity contribution >= 4 is 17.3 Å². The summed E-state index contributed by atoms with van der Waals surface area (Å²) in [4.78, 5) is 11.7. The zero-order valence-corrected chi connectivity index (χ0v) is 12.1. The molecule has 0 aliphatic rings. The Morgan fingerprint density at radius 3 is 2.90 bits per heavy atom. The average molecular weight is 282 g/mol. The molecule has 5 heteroatoms. The Balaban J connectivity index is 2.25. The molecule has 0 bridgehead atoms. The van der Waals surface area contributed by atoms with E-state index in [1.165, 1.54) is 18.2 Å². The van der Waals surface area contributed by atoms with Crippen molar-refractivity contribution in [3.8, 4) is 0 Å². The number of halogens is 1. The highest BCUT2D eigenvalue weighted by molar-refractivity contribution is 5.91. The number of hydrogen-bond acceptors (Lipinski definition) is 3. The van der Waals surface area contributed by atoms with Gasteiger partial charge in [0, 0.05) is 18.7 Å². The van der Waals surface area contributed by atoms with Crippen molar-refractivity contribution in [1.29, 1.82) is 0 Å². The van der Waals surface area contributed by atoms with Crippen LogP contribution in [0.3, 0.4) is 0 Å². The molecule has 20 heavy (non-hydrogen) atoms. The Morgan fingerprint density at radius 1 is 1.50 bits per heavy atom. The van der Waals surface area contributed by atoms with Gasteiger partial charge in [-0.2, -0.15) is 0 Å². The summed E-state index contributed by atoms with van der Waals surface area (Å²) < 4.78 is 18.5. The van der Waals surface area contributed by atoms with Crippen molar-refractivity contribution in [3.63, 3.8) is 0 Å². The van der Waals surface area contributed by atoms with Crippen LogP contribution < -0.4 is 11.1 Å². The molecule has 112 valence electrons. The van der Waals surface area contributed by atoms with Gasteiger partial charge in [0.25, 0.3) is 0 Å². The fraction of sp³-hybridized carbons (Fsp3) is 0.533. The highest BCUT2D eigenvalue weighted by Crippen LogP contribution is 2.16. The molecule has 0 radical (unpaired) electrons. The Bertz CT molecular complexity index is 438. The number of amides is 1. The predicted octanol–water partition coefficient (Wildman–Crippen LogP) is 3.33. The van der Waals surface area contributed by atoms with Gasteiger partial charge in [-0.15, -0.1) is 0 Å². The number of ether oxygens (including phenoxy) is 1. The van der Waals surface area contributed by atoms with Gasteiger partial charge >= 0.3 is 0 Å². The van der Waals surface area contributed by atoms with E-state index in [2.05, 4.69) is 12.2 Å². The van der Waals surface area contributed by atoms with E-state index in [0.29, 0.717) is 25.1 Å². The van der Waals surface area contributed by atoms with Crippen LogP contribution in [0.4, 0.5) is 15.8 Å². The molecule has 1 unspecified atom stereocenters. The molecule has 1 aromatic carbocycles. The fourth-order valence-corrected chi connectivity index (χ4v) is 1.85. The summed E-state index contributed by atoms with van der Waals surface area (Å²) in [6.07, 6.45) is 3.39. The lowest BCUT2D eigenvalue weighted by Gasteiger charge is -2.11. The largest absolute Gasteiger partial charge is 0.396 e. The van der Waals surface area contributed by atoms with Crippen molar-refractivity contribution in [3.05, 3.63) is 24.0 Å². The Kier molecular flexibility index (Phi) is 7.01. The van der Waals surface area contributed by atoms with Gasteiger partial charge in [-0.3, -0.25) is 4.79 Å². The first-order chi connectivity index (χ1) is 9.52. The summed E-state index contributed by atoms with van der Waals surface area (Å²) in [7, 11) is 0. The summed E-state index contributed by atoms with van der Waals surface area (Å²) in [6, 6.07) is 4.14. The number of hydrogen-bond donors (Lipinski definition) is 2. The maximum absolute atomic E-state index is 13.0. The zero-order valence-electron chi connectivity index (χ0n) is 12.1. The molecule has 0 aliphatic heterocycles. The number of anilines is 2. The highest BCUT2D eigenvalue weighted by atomic mass is 19.1. The van der Waals surface area contributed by atoms with E-state index in [1.54, 1.807) is 0 Å². The van der Waals surface area contributed by atoms with Crippen molar-refractivity contribution in [1.82, 2.24) is 0 Å². The molecule has 1 amide bonds. The van der Waals surface area contributed by atoms with E-state index in [9.17, 15) is 9.18 Å². The van der Waals surface area contributed by atoms with E-state index in [0.717, 1.165) is 12.8 Å². The topological polar surface area (TPSA) is 64.3 Å². The van der Waals surface area contributed by atoms with E-state index in [1.807, 2.05) is 6.92 Å². The van der Waals surface area contributed by atoms with Crippen LogP contribution in [-0.4, -0.2) is 18.6 Å². The number of nitrogens with one attached hydrogen (secondary N) is 1. The second-order valence-corrected chi connectivity index (χ2v) is 4.86. The fourth-order valence-electron chi connectivity index (χ4n) is 1.85. The number of carbonyl (C=O) groups excluding carboxylic acids is 1. The third-order valence-corrected chi connectivity index (χ3v) is 2.93. The van der Waals surface area contributed by atoms with Crippen LogP contribution in [0.2, 0.25) is 0 Å². The first-order valence-electron chi connectivity index (χ1n) is 6.99. The van der Waals surface area contributed by atoms with Crippen LogP contribution in [0.5, 0.6) is 0 Å². The monoisotopic (exact) mass is 282 g/mol. The van der Waals surface area contributed by atoms with Crippen LogP contribution in [0.15, 0.2) is 18.2 Å². The van der Waals surface area contributed by atoms with Crippen molar-refractivity contribution in [2.45, 2.75) is 45.6 Å². The molecule has 0 heterocycles. The van der Waals surface area contributed by atoms with Crippen molar-refractivity contribution in [2.24, 2.45) is 0 Å². The van der Waals surface area contributed by atoms with Crippen molar-refractivity contribution in [2.75, 3.05) is 17.7 Å². The molecule has 0 saturated carbocycles. The van der Waals surface area contributed by atoms with Gasteiger partial charge in [0.05, 0.1) is 11.8 Å². The van der Waals surface area contributed by atoms with Gasteiger partial charge in [-0.25, -0.2) is 4.39 Å². The normalized spacial score (nSPS) is 12.2. The maximum Gasteiger partial charge on any atom is 0.224 e. The molecule has 0 aliphatic carbocycles. The van der Waals surface area contributed by atoms with E-state index >= 15 is 0 Å². The molecular formula is C15H23FN2O2. The van der Waals surface area contributed by atoms with Crippen LogP contribution in [0.25, 0.3) is 0 Å². The summed E-state index contributed by atoms with van der Waals surface area (Å²) in [5.74, 6) is -0.607. The SMILES string of the molecule is CCCC(C)OCCCC(=O)Nc1ccc(F)c(N)c1. The van der Waals surface area contributed by atoms with Gasteiger partial charge < -0.3 is 15.8 Å². The van der Waals surface area contributed by atoms with Crippen LogP contribution in [0.1, 0.15) is 39.5 Å². The first-order valence-corrected chi connectivity index (χ1v) is 6.99. The molecule has 0 spiro atoms. The summed E-state index contributed by atoms with van der Waals surface area (Å²) in [5, 5.41) is 2.68. The van der Waals surface area contributed by atoms with E-state index in [-0.39, 0.29) is 17.7 Å². The van der Waals surface area contributed by atoms with Gasteiger partial charge in [0.15, 0.2) is 0 Å². The lowest BCUT2D eigenvalue weighted by Crippen LogP contribution is -2.14. The Hall–Kier alpha value is -1.62. The Morgan fingerprint density at radius 2 is 2.25 bits per heavy atom. The first kappa shape index (κ1) is 16.4. The minimum Gasteiger partial charge on any atom is -0.396 e. The molecule has 1 aromatic rings. The highest BCUT2D eigenvalue weighted by Gasteiger charge is 2.06. The minimum atomic E-state index is -0.485. The molecular weight excluding hydrogens is 259 g/mol. The number of benzene rings is 1. The average Bonchev–Trinajstić information content (AvgIpc) is 2.39. The molecule has 1 rings (SSSR count). The number of nitrogen functional groups attached to an aromatic ring is 1. The zero-order chi connectivity index (χ0) is 15.0. The summed E-state index contributed by atoms with van der Waals surface area (Å²) in [5.41, 5.74) is 5.97.